The molecule has 0 aliphatic carbocycles. The number of hydrogen-bond donors (Lipinski definition) is 1. The molecular formula is C19H31N3O. The van der Waals surface area contributed by atoms with Crippen molar-refractivity contribution in [2.24, 2.45) is 10.9 Å². The molecule has 1 heterocycles. The summed E-state index contributed by atoms with van der Waals surface area (Å²) < 4.78 is 5.75. The van der Waals surface area contributed by atoms with Crippen LogP contribution in [0.1, 0.15) is 38.2 Å². The first-order valence-electron chi connectivity index (χ1n) is 8.84. The van der Waals surface area contributed by atoms with Gasteiger partial charge in [0.15, 0.2) is 5.96 Å². The van der Waals surface area contributed by atoms with Crippen molar-refractivity contribution < 1.29 is 4.74 Å². The van der Waals surface area contributed by atoms with Crippen LogP contribution in [0.25, 0.3) is 0 Å². The third-order valence-electron chi connectivity index (χ3n) is 4.44. The Morgan fingerprint density at radius 2 is 1.91 bits per heavy atom. The van der Waals surface area contributed by atoms with Crippen LogP contribution < -0.4 is 10.1 Å². The third-order valence-corrected chi connectivity index (χ3v) is 4.44. The Morgan fingerprint density at radius 1 is 1.22 bits per heavy atom. The van der Waals surface area contributed by atoms with E-state index in [2.05, 4.69) is 41.2 Å². The molecule has 23 heavy (non-hydrogen) atoms. The van der Waals surface area contributed by atoms with Crippen LogP contribution in [0.15, 0.2) is 29.3 Å². The lowest BCUT2D eigenvalue weighted by Crippen LogP contribution is -2.45. The van der Waals surface area contributed by atoms with Crippen molar-refractivity contribution in [3.05, 3.63) is 29.8 Å². The fourth-order valence-electron chi connectivity index (χ4n) is 2.80. The first kappa shape index (κ1) is 17.6. The second kappa shape index (κ2) is 9.43. The van der Waals surface area contributed by atoms with E-state index in [9.17, 15) is 0 Å². The molecule has 0 spiro atoms. The van der Waals surface area contributed by atoms with Crippen LogP contribution in [0.2, 0.25) is 0 Å². The van der Waals surface area contributed by atoms with Crippen LogP contribution in [0.3, 0.4) is 0 Å². The number of aryl methyl sites for hydroxylation is 1. The van der Waals surface area contributed by atoms with Gasteiger partial charge in [-0.2, -0.15) is 0 Å². The van der Waals surface area contributed by atoms with Crippen LogP contribution in [0.5, 0.6) is 5.75 Å². The maximum atomic E-state index is 5.75. The molecule has 0 bridgehead atoms. The summed E-state index contributed by atoms with van der Waals surface area (Å²) in [6.45, 7) is 8.39. The smallest absolute Gasteiger partial charge is 0.193 e. The standard InChI is InChI=1S/C19H31N3O/c1-16-6-8-18(9-7-16)23-15-5-4-12-21-19(20-3)22-13-10-17(2)11-14-22/h6-9,17H,4-5,10-15H2,1-3H3,(H,20,21). The van der Waals surface area contributed by atoms with Gasteiger partial charge in [-0.25, -0.2) is 0 Å². The first-order chi connectivity index (χ1) is 11.2. The lowest BCUT2D eigenvalue weighted by Gasteiger charge is -2.32. The molecule has 1 N–H and O–H groups in total. The molecule has 1 saturated heterocycles. The summed E-state index contributed by atoms with van der Waals surface area (Å²) in [5.74, 6) is 2.86. The molecule has 0 amide bonds. The Morgan fingerprint density at radius 3 is 2.57 bits per heavy atom. The summed E-state index contributed by atoms with van der Waals surface area (Å²) in [6, 6.07) is 8.24. The van der Waals surface area contributed by atoms with Crippen LogP contribution in [0.4, 0.5) is 0 Å². The van der Waals surface area contributed by atoms with Gasteiger partial charge in [0.05, 0.1) is 6.61 Å². The van der Waals surface area contributed by atoms with E-state index in [-0.39, 0.29) is 0 Å². The molecule has 4 heteroatoms. The summed E-state index contributed by atoms with van der Waals surface area (Å²) >= 11 is 0. The fourth-order valence-corrected chi connectivity index (χ4v) is 2.80. The van der Waals surface area contributed by atoms with Gasteiger partial charge >= 0.3 is 0 Å². The zero-order valence-corrected chi connectivity index (χ0v) is 14.8. The topological polar surface area (TPSA) is 36.9 Å². The Balaban J connectivity index is 1.58. The Bertz CT molecular complexity index is 476. The quantitative estimate of drug-likeness (QED) is 0.496. The predicted octanol–water partition coefficient (Wildman–Crippen LogP) is 3.46. The summed E-state index contributed by atoms with van der Waals surface area (Å²) in [5.41, 5.74) is 1.26. The number of nitrogens with one attached hydrogen (secondary N) is 1. The van der Waals surface area contributed by atoms with Crippen molar-refractivity contribution >= 4 is 5.96 Å². The van der Waals surface area contributed by atoms with Gasteiger partial charge in [0.2, 0.25) is 0 Å². The van der Waals surface area contributed by atoms with Crippen LogP contribution in [-0.4, -0.2) is 44.1 Å². The highest BCUT2D eigenvalue weighted by Gasteiger charge is 2.18. The van der Waals surface area contributed by atoms with Crippen molar-refractivity contribution in [3.8, 4) is 5.75 Å². The highest BCUT2D eigenvalue weighted by Crippen LogP contribution is 2.16. The summed E-state index contributed by atoms with van der Waals surface area (Å²) in [7, 11) is 1.88. The predicted molar refractivity (Wildman–Crippen MR) is 97.2 cm³/mol. The zero-order valence-electron chi connectivity index (χ0n) is 14.8. The number of aliphatic imine (C=N–C) groups is 1. The van der Waals surface area contributed by atoms with Crippen molar-refractivity contribution in [1.82, 2.24) is 10.2 Å². The first-order valence-corrected chi connectivity index (χ1v) is 8.84. The number of benzene rings is 1. The summed E-state index contributed by atoms with van der Waals surface area (Å²) in [4.78, 5) is 6.79. The molecule has 128 valence electrons. The average molecular weight is 317 g/mol. The molecule has 2 rings (SSSR count). The summed E-state index contributed by atoms with van der Waals surface area (Å²) in [5, 5.41) is 3.48. The minimum atomic E-state index is 0.768. The number of nitrogens with zero attached hydrogens (tertiary/aromatic N) is 2. The molecule has 0 atom stereocenters. The lowest BCUT2D eigenvalue weighted by atomic mass is 10.00. The molecule has 0 aromatic heterocycles. The second-order valence-corrected chi connectivity index (χ2v) is 6.51. The van der Waals surface area contributed by atoms with Gasteiger partial charge in [0, 0.05) is 26.7 Å². The van der Waals surface area contributed by atoms with Gasteiger partial charge in [-0.15, -0.1) is 0 Å². The van der Waals surface area contributed by atoms with Crippen molar-refractivity contribution in [2.45, 2.75) is 39.5 Å². The largest absolute Gasteiger partial charge is 0.494 e. The monoisotopic (exact) mass is 317 g/mol. The lowest BCUT2D eigenvalue weighted by molar-refractivity contribution is 0.272. The van der Waals surface area contributed by atoms with Gasteiger partial charge in [-0.05, 0) is 50.7 Å². The highest BCUT2D eigenvalue weighted by atomic mass is 16.5. The molecule has 4 nitrogen and oxygen atoms in total. The molecule has 1 aliphatic heterocycles. The summed E-state index contributed by atoms with van der Waals surface area (Å²) in [6.07, 6.45) is 4.68. The molecule has 1 fully saturated rings. The van der Waals surface area contributed by atoms with E-state index in [1.54, 1.807) is 0 Å². The number of rotatable bonds is 6. The van der Waals surface area contributed by atoms with Crippen LogP contribution >= 0.6 is 0 Å². The van der Waals surface area contributed by atoms with E-state index >= 15 is 0 Å². The maximum absolute atomic E-state index is 5.75. The molecule has 0 radical (unpaired) electrons. The minimum Gasteiger partial charge on any atom is -0.494 e. The van der Waals surface area contributed by atoms with Crippen LogP contribution in [-0.2, 0) is 0 Å². The normalized spacial score (nSPS) is 16.5. The molecule has 1 aliphatic rings. The maximum Gasteiger partial charge on any atom is 0.193 e. The minimum absolute atomic E-state index is 0.768. The molecule has 0 unspecified atom stereocenters. The molecular weight excluding hydrogens is 286 g/mol. The van der Waals surface area contributed by atoms with Crippen molar-refractivity contribution in [3.63, 3.8) is 0 Å². The molecule has 0 saturated carbocycles. The van der Waals surface area contributed by atoms with Crippen molar-refractivity contribution in [2.75, 3.05) is 33.3 Å². The van der Waals surface area contributed by atoms with Gasteiger partial charge in [0.25, 0.3) is 0 Å². The number of likely N-dealkylation sites (tertiary alicyclic amines) is 1. The van der Waals surface area contributed by atoms with E-state index in [1.165, 1.54) is 18.4 Å². The Labute approximate surface area is 140 Å². The van der Waals surface area contributed by atoms with Gasteiger partial charge in [0.1, 0.15) is 5.75 Å². The second-order valence-electron chi connectivity index (χ2n) is 6.51. The van der Waals surface area contributed by atoms with Gasteiger partial charge in [-0.3, -0.25) is 4.99 Å². The zero-order chi connectivity index (χ0) is 16.5. The van der Waals surface area contributed by atoms with Gasteiger partial charge in [-0.1, -0.05) is 24.6 Å². The Kier molecular flexibility index (Phi) is 7.24. The number of guanidine groups is 1. The number of unbranched alkanes of at least 4 members (excludes halogenated alkanes) is 1. The number of piperidine rings is 1. The third kappa shape index (κ3) is 6.12. The highest BCUT2D eigenvalue weighted by molar-refractivity contribution is 5.79. The van der Waals surface area contributed by atoms with Gasteiger partial charge < -0.3 is 15.0 Å². The van der Waals surface area contributed by atoms with E-state index in [0.29, 0.717) is 0 Å². The van der Waals surface area contributed by atoms with Crippen molar-refractivity contribution in [1.29, 1.82) is 0 Å². The number of hydrogen-bond acceptors (Lipinski definition) is 2. The van der Waals surface area contributed by atoms with E-state index in [4.69, 9.17) is 4.74 Å². The van der Waals surface area contributed by atoms with Crippen LogP contribution in [0, 0.1) is 12.8 Å². The SMILES string of the molecule is CN=C(NCCCCOc1ccc(C)cc1)N1CCC(C)CC1. The number of ether oxygens (including phenoxy) is 1. The van der Waals surface area contributed by atoms with E-state index < -0.39 is 0 Å². The van der Waals surface area contributed by atoms with E-state index in [1.807, 2.05) is 19.2 Å². The average Bonchev–Trinajstić information content (AvgIpc) is 2.57. The molecule has 1 aromatic carbocycles. The fraction of sp³-hybridized carbons (Fsp3) is 0.632. The van der Waals surface area contributed by atoms with E-state index in [0.717, 1.165) is 56.7 Å². The Hall–Kier alpha value is -1.71. The molecule has 1 aromatic rings.